The molecule has 1 aliphatic carbocycles. The van der Waals surface area contributed by atoms with Crippen molar-refractivity contribution in [2.24, 2.45) is 5.92 Å². The predicted octanol–water partition coefficient (Wildman–Crippen LogP) is 4.86. The molecule has 2 nitrogen and oxygen atoms in total. The molecule has 20 heavy (non-hydrogen) atoms. The quantitative estimate of drug-likeness (QED) is 0.738. The van der Waals surface area contributed by atoms with Crippen LogP contribution in [0.25, 0.3) is 10.9 Å². The van der Waals surface area contributed by atoms with Crippen LogP contribution in [0.2, 0.25) is 0 Å². The minimum Gasteiger partial charge on any atom is -0.375 e. The first-order chi connectivity index (χ1) is 9.92. The number of anilines is 1. The smallest absolute Gasteiger partial charge is 0.0933 e. The summed E-state index contributed by atoms with van der Waals surface area (Å²) in [5.74, 6) is 0.771. The minimum absolute atomic E-state index is 0.433. The molecule has 1 atom stereocenters. The Morgan fingerprint density at radius 3 is 2.80 bits per heavy atom. The van der Waals surface area contributed by atoms with E-state index in [0.717, 1.165) is 17.1 Å². The molecule has 2 heterocycles. The van der Waals surface area contributed by atoms with Gasteiger partial charge < -0.3 is 5.32 Å². The number of hydrogen-bond donors (Lipinski definition) is 1. The van der Waals surface area contributed by atoms with E-state index in [2.05, 4.69) is 52.1 Å². The molecule has 3 heteroatoms. The molecule has 0 aliphatic heterocycles. The minimum atomic E-state index is 0.433. The molecule has 2 aromatic heterocycles. The zero-order valence-electron chi connectivity index (χ0n) is 11.1. The molecule has 0 saturated heterocycles. The third-order valence-corrected chi connectivity index (χ3v) is 4.84. The summed E-state index contributed by atoms with van der Waals surface area (Å²) in [6.45, 7) is 0. The Hall–Kier alpha value is -1.87. The highest BCUT2D eigenvalue weighted by atomic mass is 32.1. The molecule has 0 radical (unpaired) electrons. The number of thiophene rings is 1. The van der Waals surface area contributed by atoms with E-state index in [-0.39, 0.29) is 0 Å². The molecule has 1 aromatic carbocycles. The van der Waals surface area contributed by atoms with Crippen LogP contribution in [0, 0.1) is 5.92 Å². The zero-order chi connectivity index (χ0) is 13.4. The summed E-state index contributed by atoms with van der Waals surface area (Å²) in [7, 11) is 0. The van der Waals surface area contributed by atoms with Crippen LogP contribution in [0.15, 0.2) is 54.0 Å². The van der Waals surface area contributed by atoms with Crippen molar-refractivity contribution in [2.75, 3.05) is 5.32 Å². The van der Waals surface area contributed by atoms with Gasteiger partial charge in [-0.05, 0) is 42.3 Å². The van der Waals surface area contributed by atoms with Gasteiger partial charge in [0.1, 0.15) is 0 Å². The van der Waals surface area contributed by atoms with Crippen molar-refractivity contribution in [3.63, 3.8) is 0 Å². The van der Waals surface area contributed by atoms with Crippen molar-refractivity contribution in [3.8, 4) is 0 Å². The van der Waals surface area contributed by atoms with Crippen LogP contribution in [-0.4, -0.2) is 4.98 Å². The monoisotopic (exact) mass is 280 g/mol. The van der Waals surface area contributed by atoms with Gasteiger partial charge in [-0.3, -0.25) is 4.98 Å². The second kappa shape index (κ2) is 4.91. The molecule has 4 rings (SSSR count). The van der Waals surface area contributed by atoms with E-state index in [0.29, 0.717) is 6.04 Å². The van der Waals surface area contributed by atoms with Gasteiger partial charge in [0.2, 0.25) is 0 Å². The number of nitrogens with zero attached hydrogens (tertiary/aromatic N) is 1. The summed E-state index contributed by atoms with van der Waals surface area (Å²) in [6, 6.07) is 15.3. The van der Waals surface area contributed by atoms with Crippen LogP contribution in [-0.2, 0) is 0 Å². The standard InChI is InChI=1S/C17H16N2S/c1-4-12-5-2-10-18-16(12)14(6-1)19-17(13-8-9-13)15-7-3-11-20-15/h1-7,10-11,13,17,19H,8-9H2. The lowest BCUT2D eigenvalue weighted by Crippen LogP contribution is -2.11. The van der Waals surface area contributed by atoms with Crippen LogP contribution in [0.3, 0.4) is 0 Å². The third-order valence-electron chi connectivity index (χ3n) is 3.89. The molecule has 1 fully saturated rings. The van der Waals surface area contributed by atoms with Gasteiger partial charge in [0.25, 0.3) is 0 Å². The van der Waals surface area contributed by atoms with Crippen molar-refractivity contribution in [1.82, 2.24) is 4.98 Å². The van der Waals surface area contributed by atoms with Crippen LogP contribution >= 0.6 is 11.3 Å². The van der Waals surface area contributed by atoms with Crippen LogP contribution < -0.4 is 5.32 Å². The van der Waals surface area contributed by atoms with Crippen LogP contribution in [0.1, 0.15) is 23.8 Å². The molecule has 0 bridgehead atoms. The maximum Gasteiger partial charge on any atom is 0.0933 e. The summed E-state index contributed by atoms with van der Waals surface area (Å²) >= 11 is 1.84. The molecule has 1 N–H and O–H groups in total. The van der Waals surface area contributed by atoms with Crippen LogP contribution in [0.5, 0.6) is 0 Å². The first-order valence-corrected chi connectivity index (χ1v) is 7.93. The zero-order valence-corrected chi connectivity index (χ0v) is 11.9. The topological polar surface area (TPSA) is 24.9 Å². The lowest BCUT2D eigenvalue weighted by atomic mass is 10.1. The summed E-state index contributed by atoms with van der Waals surface area (Å²) in [5, 5.41) is 7.09. The number of benzene rings is 1. The number of hydrogen-bond acceptors (Lipinski definition) is 3. The molecule has 1 aliphatic rings. The molecule has 1 unspecified atom stereocenters. The summed E-state index contributed by atoms with van der Waals surface area (Å²) < 4.78 is 0. The van der Waals surface area contributed by atoms with Gasteiger partial charge in [0.05, 0.1) is 17.2 Å². The number of para-hydroxylation sites is 1. The summed E-state index contributed by atoms with van der Waals surface area (Å²) in [6.07, 6.45) is 4.52. The number of rotatable bonds is 4. The second-order valence-corrected chi connectivity index (χ2v) is 6.33. The lowest BCUT2D eigenvalue weighted by molar-refractivity contribution is 0.692. The normalized spacial score (nSPS) is 16.2. The first kappa shape index (κ1) is 11.9. The van der Waals surface area contributed by atoms with Crippen molar-refractivity contribution in [3.05, 3.63) is 58.9 Å². The number of pyridine rings is 1. The molecule has 100 valence electrons. The number of fused-ring (bicyclic) bond motifs is 1. The Morgan fingerprint density at radius 2 is 2.00 bits per heavy atom. The van der Waals surface area contributed by atoms with E-state index < -0.39 is 0 Å². The Labute approximate surface area is 122 Å². The van der Waals surface area contributed by atoms with Crippen molar-refractivity contribution in [1.29, 1.82) is 0 Å². The molecular formula is C17H16N2S. The maximum absolute atomic E-state index is 4.54. The average Bonchev–Trinajstić information content (AvgIpc) is 3.19. The van der Waals surface area contributed by atoms with E-state index in [4.69, 9.17) is 0 Å². The van der Waals surface area contributed by atoms with Gasteiger partial charge >= 0.3 is 0 Å². The van der Waals surface area contributed by atoms with E-state index in [9.17, 15) is 0 Å². The Bertz CT molecular complexity index is 711. The van der Waals surface area contributed by atoms with Crippen LogP contribution in [0.4, 0.5) is 5.69 Å². The second-order valence-electron chi connectivity index (χ2n) is 5.36. The van der Waals surface area contributed by atoms with Gasteiger partial charge in [-0.2, -0.15) is 0 Å². The van der Waals surface area contributed by atoms with Gasteiger partial charge in [0, 0.05) is 16.5 Å². The van der Waals surface area contributed by atoms with E-state index in [1.807, 2.05) is 23.6 Å². The Kier molecular flexibility index (Phi) is 2.92. The maximum atomic E-state index is 4.54. The van der Waals surface area contributed by atoms with Crippen molar-refractivity contribution < 1.29 is 0 Å². The molecular weight excluding hydrogens is 264 g/mol. The van der Waals surface area contributed by atoms with E-state index in [1.165, 1.54) is 23.1 Å². The third kappa shape index (κ3) is 2.18. The fourth-order valence-corrected chi connectivity index (χ4v) is 3.58. The van der Waals surface area contributed by atoms with Crippen molar-refractivity contribution in [2.45, 2.75) is 18.9 Å². The first-order valence-electron chi connectivity index (χ1n) is 7.05. The molecule has 0 amide bonds. The average molecular weight is 280 g/mol. The van der Waals surface area contributed by atoms with Gasteiger partial charge in [0.15, 0.2) is 0 Å². The van der Waals surface area contributed by atoms with E-state index >= 15 is 0 Å². The SMILES string of the molecule is c1csc(C(Nc2cccc3cccnc23)C2CC2)c1. The fourth-order valence-electron chi connectivity index (χ4n) is 2.71. The lowest BCUT2D eigenvalue weighted by Gasteiger charge is -2.19. The van der Waals surface area contributed by atoms with E-state index in [1.54, 1.807) is 0 Å². The molecule has 1 saturated carbocycles. The summed E-state index contributed by atoms with van der Waals surface area (Å²) in [4.78, 5) is 5.97. The Morgan fingerprint density at radius 1 is 1.10 bits per heavy atom. The summed E-state index contributed by atoms with van der Waals surface area (Å²) in [5.41, 5.74) is 2.21. The highest BCUT2D eigenvalue weighted by Gasteiger charge is 2.33. The van der Waals surface area contributed by atoms with Crippen molar-refractivity contribution >= 4 is 27.9 Å². The highest BCUT2D eigenvalue weighted by Crippen LogP contribution is 2.44. The number of nitrogens with one attached hydrogen (secondary N) is 1. The number of aromatic nitrogens is 1. The Balaban J connectivity index is 1.72. The largest absolute Gasteiger partial charge is 0.375 e. The molecule has 3 aromatic rings. The predicted molar refractivity (Wildman–Crippen MR) is 85.1 cm³/mol. The fraction of sp³-hybridized carbons (Fsp3) is 0.235. The van der Waals surface area contributed by atoms with Gasteiger partial charge in [-0.25, -0.2) is 0 Å². The molecule has 0 spiro atoms. The van der Waals surface area contributed by atoms with Gasteiger partial charge in [-0.15, -0.1) is 11.3 Å². The van der Waals surface area contributed by atoms with Gasteiger partial charge in [-0.1, -0.05) is 24.3 Å². The highest BCUT2D eigenvalue weighted by molar-refractivity contribution is 7.10.